The van der Waals surface area contributed by atoms with Gasteiger partial charge in [0.25, 0.3) is 5.91 Å². The number of carboxylic acids is 1. The lowest BCUT2D eigenvalue weighted by Crippen LogP contribution is -2.49. The smallest absolute Gasteiger partial charge is 0.326 e. The molecule has 1 heterocycles. The van der Waals surface area contributed by atoms with Crippen LogP contribution < -0.4 is 5.32 Å². The Morgan fingerprint density at radius 1 is 1.39 bits per heavy atom. The van der Waals surface area contributed by atoms with Crippen LogP contribution in [0.3, 0.4) is 0 Å². The van der Waals surface area contributed by atoms with Gasteiger partial charge in [0.1, 0.15) is 11.7 Å². The highest BCUT2D eigenvalue weighted by Gasteiger charge is 2.33. The third kappa shape index (κ3) is 3.29. The Kier molecular flexibility index (Phi) is 4.06. The molecule has 18 heavy (non-hydrogen) atoms. The number of carbonyl (C=O) groups is 2. The second-order valence-electron chi connectivity index (χ2n) is 5.28. The van der Waals surface area contributed by atoms with Gasteiger partial charge in [0.2, 0.25) is 0 Å². The largest absolute Gasteiger partial charge is 0.480 e. The summed E-state index contributed by atoms with van der Waals surface area (Å²) < 4.78 is 0. The van der Waals surface area contributed by atoms with E-state index in [-0.39, 0.29) is 5.69 Å². The average Bonchev–Trinajstić information content (AvgIpc) is 2.24. The fourth-order valence-corrected chi connectivity index (χ4v) is 1.57. The Bertz CT molecular complexity index is 464. The van der Waals surface area contributed by atoms with Crippen LogP contribution in [0.4, 0.5) is 0 Å². The molecule has 0 fully saturated rings. The molecule has 5 heteroatoms. The third-order valence-corrected chi connectivity index (χ3v) is 2.61. The molecule has 0 aliphatic heterocycles. The quantitative estimate of drug-likeness (QED) is 0.854. The molecule has 2 N–H and O–H groups in total. The Balaban J connectivity index is 2.93. The number of nitrogens with zero attached hydrogens (tertiary/aromatic N) is 1. The van der Waals surface area contributed by atoms with Crippen molar-refractivity contribution >= 4 is 11.9 Å². The standard InChI is InChI=1S/C13H18N2O3/c1-8-6-5-7-14-9(8)11(16)15-10(12(17)18)13(2,3)4/h5-7,10H,1-4H3,(H,15,16)(H,17,18). The predicted octanol–water partition coefficient (Wildman–Crippen LogP) is 1.62. The number of carbonyl (C=O) groups excluding carboxylic acids is 1. The first-order chi connectivity index (χ1) is 8.23. The fraction of sp³-hybridized carbons (Fsp3) is 0.462. The second kappa shape index (κ2) is 5.16. The van der Waals surface area contributed by atoms with Crippen molar-refractivity contribution in [1.82, 2.24) is 10.3 Å². The number of carboxylic acid groups (broad SMARTS) is 1. The lowest BCUT2D eigenvalue weighted by Gasteiger charge is -2.27. The Morgan fingerprint density at radius 3 is 2.44 bits per heavy atom. The Morgan fingerprint density at radius 2 is 2.00 bits per heavy atom. The number of amides is 1. The number of nitrogens with one attached hydrogen (secondary N) is 1. The summed E-state index contributed by atoms with van der Waals surface area (Å²) in [5.74, 6) is -1.51. The van der Waals surface area contributed by atoms with Crippen molar-refractivity contribution < 1.29 is 14.7 Å². The highest BCUT2D eigenvalue weighted by Crippen LogP contribution is 2.20. The number of hydrogen-bond donors (Lipinski definition) is 2. The van der Waals surface area contributed by atoms with E-state index in [1.54, 1.807) is 39.8 Å². The van der Waals surface area contributed by atoms with Gasteiger partial charge in [-0.3, -0.25) is 9.78 Å². The second-order valence-corrected chi connectivity index (χ2v) is 5.28. The van der Waals surface area contributed by atoms with Gasteiger partial charge in [-0.2, -0.15) is 0 Å². The van der Waals surface area contributed by atoms with Crippen molar-refractivity contribution in [3.63, 3.8) is 0 Å². The molecule has 0 saturated carbocycles. The van der Waals surface area contributed by atoms with E-state index in [1.807, 2.05) is 0 Å². The Labute approximate surface area is 106 Å². The van der Waals surface area contributed by atoms with Crippen LogP contribution in [0.5, 0.6) is 0 Å². The first-order valence-corrected chi connectivity index (χ1v) is 5.69. The van der Waals surface area contributed by atoms with E-state index in [0.29, 0.717) is 5.56 Å². The molecule has 1 rings (SSSR count). The number of aromatic nitrogens is 1. The lowest BCUT2D eigenvalue weighted by molar-refractivity contribution is -0.142. The van der Waals surface area contributed by atoms with E-state index in [1.165, 1.54) is 6.20 Å². The van der Waals surface area contributed by atoms with Crippen LogP contribution in [0.2, 0.25) is 0 Å². The van der Waals surface area contributed by atoms with Crippen molar-refractivity contribution in [3.05, 3.63) is 29.6 Å². The molecular weight excluding hydrogens is 232 g/mol. The van der Waals surface area contributed by atoms with Crippen LogP contribution in [-0.4, -0.2) is 28.0 Å². The minimum atomic E-state index is -1.05. The van der Waals surface area contributed by atoms with Crippen LogP contribution >= 0.6 is 0 Å². The zero-order valence-corrected chi connectivity index (χ0v) is 11.0. The van der Waals surface area contributed by atoms with Gasteiger partial charge in [-0.25, -0.2) is 4.79 Å². The molecule has 0 radical (unpaired) electrons. The number of rotatable bonds is 3. The zero-order valence-electron chi connectivity index (χ0n) is 11.0. The van der Waals surface area contributed by atoms with Gasteiger partial charge in [0, 0.05) is 6.20 Å². The van der Waals surface area contributed by atoms with Gasteiger partial charge in [0.05, 0.1) is 0 Å². The first-order valence-electron chi connectivity index (χ1n) is 5.69. The van der Waals surface area contributed by atoms with E-state index in [0.717, 1.165) is 0 Å². The molecule has 1 atom stereocenters. The third-order valence-electron chi connectivity index (χ3n) is 2.61. The molecule has 0 saturated heterocycles. The summed E-state index contributed by atoms with van der Waals surface area (Å²) in [4.78, 5) is 27.1. The number of hydrogen-bond acceptors (Lipinski definition) is 3. The molecule has 0 aliphatic carbocycles. The van der Waals surface area contributed by atoms with Crippen molar-refractivity contribution in [2.24, 2.45) is 5.41 Å². The molecule has 98 valence electrons. The minimum absolute atomic E-state index is 0.257. The molecular formula is C13H18N2O3. The maximum atomic E-state index is 12.0. The predicted molar refractivity (Wildman–Crippen MR) is 67.3 cm³/mol. The van der Waals surface area contributed by atoms with Gasteiger partial charge in [-0.1, -0.05) is 26.8 Å². The molecule has 1 amide bonds. The fourth-order valence-electron chi connectivity index (χ4n) is 1.57. The summed E-state index contributed by atoms with van der Waals surface area (Å²) >= 11 is 0. The summed E-state index contributed by atoms with van der Waals surface area (Å²) in [6.07, 6.45) is 1.51. The van der Waals surface area contributed by atoms with Crippen molar-refractivity contribution in [2.45, 2.75) is 33.7 Å². The summed E-state index contributed by atoms with van der Waals surface area (Å²) in [6.45, 7) is 7.04. The van der Waals surface area contributed by atoms with Gasteiger partial charge in [-0.05, 0) is 24.0 Å². The maximum absolute atomic E-state index is 12.0. The molecule has 0 aromatic carbocycles. The molecule has 0 spiro atoms. The summed E-state index contributed by atoms with van der Waals surface area (Å²) in [7, 11) is 0. The number of aryl methyl sites for hydroxylation is 1. The molecule has 5 nitrogen and oxygen atoms in total. The Hall–Kier alpha value is -1.91. The van der Waals surface area contributed by atoms with Gasteiger partial charge >= 0.3 is 5.97 Å². The van der Waals surface area contributed by atoms with E-state index in [2.05, 4.69) is 10.3 Å². The highest BCUT2D eigenvalue weighted by atomic mass is 16.4. The SMILES string of the molecule is Cc1cccnc1C(=O)NC(C(=O)O)C(C)(C)C. The summed E-state index contributed by atoms with van der Waals surface area (Å²) in [6, 6.07) is 2.53. The average molecular weight is 250 g/mol. The van der Waals surface area contributed by atoms with Crippen molar-refractivity contribution in [3.8, 4) is 0 Å². The highest BCUT2D eigenvalue weighted by molar-refractivity contribution is 5.96. The zero-order chi connectivity index (χ0) is 13.9. The summed E-state index contributed by atoms with van der Waals surface area (Å²) in [5, 5.41) is 11.7. The van der Waals surface area contributed by atoms with Crippen LogP contribution in [0, 0.1) is 12.3 Å². The van der Waals surface area contributed by atoms with Crippen LogP contribution in [0.15, 0.2) is 18.3 Å². The van der Waals surface area contributed by atoms with Crippen molar-refractivity contribution in [1.29, 1.82) is 0 Å². The van der Waals surface area contributed by atoms with Gasteiger partial charge in [0.15, 0.2) is 0 Å². The van der Waals surface area contributed by atoms with E-state index in [4.69, 9.17) is 5.11 Å². The normalized spacial score (nSPS) is 12.9. The van der Waals surface area contributed by atoms with Gasteiger partial charge in [-0.15, -0.1) is 0 Å². The molecule has 1 aromatic heterocycles. The van der Waals surface area contributed by atoms with Crippen LogP contribution in [0.25, 0.3) is 0 Å². The molecule has 1 unspecified atom stereocenters. The summed E-state index contributed by atoms with van der Waals surface area (Å²) in [5.41, 5.74) is 0.408. The number of aliphatic carboxylic acids is 1. The van der Waals surface area contributed by atoms with E-state index >= 15 is 0 Å². The monoisotopic (exact) mass is 250 g/mol. The molecule has 1 aromatic rings. The van der Waals surface area contributed by atoms with Crippen LogP contribution in [-0.2, 0) is 4.79 Å². The van der Waals surface area contributed by atoms with Crippen molar-refractivity contribution in [2.75, 3.05) is 0 Å². The van der Waals surface area contributed by atoms with E-state index < -0.39 is 23.3 Å². The number of pyridine rings is 1. The van der Waals surface area contributed by atoms with Gasteiger partial charge < -0.3 is 10.4 Å². The minimum Gasteiger partial charge on any atom is -0.480 e. The van der Waals surface area contributed by atoms with Crippen LogP contribution in [0.1, 0.15) is 36.8 Å². The first kappa shape index (κ1) is 14.2. The maximum Gasteiger partial charge on any atom is 0.326 e. The topological polar surface area (TPSA) is 79.3 Å². The molecule has 0 bridgehead atoms. The lowest BCUT2D eigenvalue weighted by atomic mass is 9.86. The van der Waals surface area contributed by atoms with E-state index in [9.17, 15) is 9.59 Å². The molecule has 0 aliphatic rings.